The molecule has 1 fully saturated rings. The van der Waals surface area contributed by atoms with Gasteiger partial charge in [0.05, 0.1) is 17.9 Å². The summed E-state index contributed by atoms with van der Waals surface area (Å²) in [6.45, 7) is 1.88. The fraction of sp³-hybridized carbons (Fsp3) is 0.333. The van der Waals surface area contributed by atoms with Crippen LogP contribution in [0.1, 0.15) is 36.3 Å². The number of thiophene rings is 1. The summed E-state index contributed by atoms with van der Waals surface area (Å²) in [5, 5.41) is 9.42. The van der Waals surface area contributed by atoms with Gasteiger partial charge in [-0.3, -0.25) is 4.79 Å². The lowest BCUT2D eigenvalue weighted by molar-refractivity contribution is -0.137. The second-order valence-corrected chi connectivity index (χ2v) is 10.9. The van der Waals surface area contributed by atoms with Crippen molar-refractivity contribution in [3.63, 3.8) is 0 Å². The van der Waals surface area contributed by atoms with E-state index in [-0.39, 0.29) is 12.2 Å². The number of hydrogen-bond donors (Lipinski definition) is 1. The van der Waals surface area contributed by atoms with Gasteiger partial charge in [0, 0.05) is 15.3 Å². The van der Waals surface area contributed by atoms with E-state index in [4.69, 9.17) is 4.42 Å². The largest absolute Gasteiger partial charge is 0.481 e. The lowest BCUT2D eigenvalue weighted by atomic mass is 9.95. The van der Waals surface area contributed by atoms with Crippen LogP contribution in [0.4, 0.5) is 0 Å². The van der Waals surface area contributed by atoms with Crippen LogP contribution in [0.3, 0.4) is 0 Å². The minimum Gasteiger partial charge on any atom is -0.481 e. The van der Waals surface area contributed by atoms with E-state index in [9.17, 15) is 18.3 Å². The maximum absolute atomic E-state index is 12.9. The number of hydrogen-bond acceptors (Lipinski definition) is 6. The summed E-state index contributed by atoms with van der Waals surface area (Å²) >= 11 is 1.36. The third-order valence-electron chi connectivity index (χ3n) is 5.51. The summed E-state index contributed by atoms with van der Waals surface area (Å²) in [5.41, 5.74) is 2.67. The Bertz CT molecular complexity index is 1140. The van der Waals surface area contributed by atoms with Crippen molar-refractivity contribution in [3.05, 3.63) is 53.4 Å². The quantitative estimate of drug-likeness (QED) is 0.632. The smallest absolute Gasteiger partial charge is 0.305 e. The molecule has 0 amide bonds. The van der Waals surface area contributed by atoms with Gasteiger partial charge in [-0.05, 0) is 37.5 Å². The van der Waals surface area contributed by atoms with Crippen molar-refractivity contribution >= 4 is 27.1 Å². The van der Waals surface area contributed by atoms with E-state index in [1.165, 1.54) is 17.7 Å². The molecule has 1 N–H and O–H groups in total. The molecule has 1 atom stereocenters. The van der Waals surface area contributed by atoms with E-state index in [1.54, 1.807) is 6.07 Å². The highest BCUT2D eigenvalue weighted by atomic mass is 32.2. The third kappa shape index (κ3) is 3.51. The van der Waals surface area contributed by atoms with Crippen molar-refractivity contribution in [3.8, 4) is 21.8 Å². The number of sulfone groups is 1. The van der Waals surface area contributed by atoms with Gasteiger partial charge in [0.2, 0.25) is 0 Å². The van der Waals surface area contributed by atoms with Crippen molar-refractivity contribution in [1.29, 1.82) is 0 Å². The van der Waals surface area contributed by atoms with Crippen LogP contribution in [0.25, 0.3) is 21.8 Å². The Hall–Kier alpha value is -2.45. The van der Waals surface area contributed by atoms with E-state index in [1.807, 2.05) is 37.3 Å². The van der Waals surface area contributed by atoms with Gasteiger partial charge in [-0.25, -0.2) is 13.4 Å². The molecule has 0 saturated carbocycles. The number of nitrogens with zero attached hydrogens (tertiary/aromatic N) is 1. The van der Waals surface area contributed by atoms with Gasteiger partial charge in [-0.2, -0.15) is 0 Å². The van der Waals surface area contributed by atoms with Crippen molar-refractivity contribution in [2.75, 3.05) is 5.75 Å². The van der Waals surface area contributed by atoms with Crippen LogP contribution in [0, 0.1) is 6.92 Å². The number of carboxylic acid groups (broad SMARTS) is 1. The highest BCUT2D eigenvalue weighted by molar-refractivity contribution is 7.92. The number of rotatable bonds is 5. The Morgan fingerprint density at radius 1 is 1.17 bits per heavy atom. The van der Waals surface area contributed by atoms with E-state index in [0.717, 1.165) is 27.5 Å². The average Bonchev–Trinajstić information content (AvgIpc) is 3.33. The highest BCUT2D eigenvalue weighted by Crippen LogP contribution is 2.47. The summed E-state index contributed by atoms with van der Waals surface area (Å²) in [5.74, 6) is -0.326. The van der Waals surface area contributed by atoms with Crippen molar-refractivity contribution < 1.29 is 22.7 Å². The average molecular weight is 432 g/mol. The predicted molar refractivity (Wildman–Crippen MR) is 112 cm³/mol. The van der Waals surface area contributed by atoms with Crippen LogP contribution in [0.2, 0.25) is 0 Å². The molecule has 0 spiro atoms. The maximum Gasteiger partial charge on any atom is 0.305 e. The summed E-state index contributed by atoms with van der Waals surface area (Å²) in [6, 6.07) is 11.4. The van der Waals surface area contributed by atoms with Crippen LogP contribution < -0.4 is 0 Å². The predicted octanol–water partition coefficient (Wildman–Crippen LogP) is 4.65. The van der Waals surface area contributed by atoms with Gasteiger partial charge in [0.25, 0.3) is 0 Å². The van der Waals surface area contributed by atoms with Crippen LogP contribution in [0.15, 0.2) is 47.2 Å². The van der Waals surface area contributed by atoms with Crippen molar-refractivity contribution in [2.45, 2.75) is 37.4 Å². The standard InChI is InChI=1S/C21H21NO5S2/c1-14-20(27-13-22-14)16-6-4-15(5-7-16)17-8-9-18(28-17)21(12-19(23)24)10-2-3-11-29(21,25)26/h4-9,13H,2-3,10-12H2,1H3,(H,23,24)/t21-/m0/s1. The number of oxazole rings is 1. The molecule has 1 aliphatic heterocycles. The molecule has 152 valence electrons. The lowest BCUT2D eigenvalue weighted by Crippen LogP contribution is -2.41. The Balaban J connectivity index is 1.70. The van der Waals surface area contributed by atoms with Gasteiger partial charge in [0.1, 0.15) is 4.75 Å². The molecule has 1 aromatic carbocycles. The fourth-order valence-corrected chi connectivity index (χ4v) is 7.74. The van der Waals surface area contributed by atoms with Gasteiger partial charge in [0.15, 0.2) is 22.0 Å². The second kappa shape index (κ2) is 7.42. The van der Waals surface area contributed by atoms with Gasteiger partial charge < -0.3 is 9.52 Å². The first-order valence-corrected chi connectivity index (χ1v) is 11.8. The van der Waals surface area contributed by atoms with E-state index in [0.29, 0.717) is 24.1 Å². The molecule has 0 radical (unpaired) electrons. The number of aryl methyl sites for hydroxylation is 1. The fourth-order valence-electron chi connectivity index (χ4n) is 3.96. The third-order valence-corrected chi connectivity index (χ3v) is 9.56. The second-order valence-electron chi connectivity index (χ2n) is 7.35. The number of benzene rings is 1. The molecule has 2 aromatic heterocycles. The van der Waals surface area contributed by atoms with Crippen LogP contribution in [0.5, 0.6) is 0 Å². The molecule has 6 nitrogen and oxygen atoms in total. The van der Waals surface area contributed by atoms with Gasteiger partial charge >= 0.3 is 5.97 Å². The van der Waals surface area contributed by atoms with Crippen LogP contribution >= 0.6 is 11.3 Å². The number of aliphatic carboxylic acids is 1. The van der Waals surface area contributed by atoms with Crippen molar-refractivity contribution in [2.24, 2.45) is 0 Å². The topological polar surface area (TPSA) is 97.5 Å². The zero-order valence-electron chi connectivity index (χ0n) is 15.9. The maximum atomic E-state index is 12.9. The van der Waals surface area contributed by atoms with Crippen LogP contribution in [-0.4, -0.2) is 30.2 Å². The van der Waals surface area contributed by atoms with Crippen molar-refractivity contribution in [1.82, 2.24) is 4.98 Å². The zero-order chi connectivity index (χ0) is 20.6. The Labute approximate surface area is 173 Å². The molecule has 4 rings (SSSR count). The van der Waals surface area contributed by atoms with E-state index >= 15 is 0 Å². The minimum atomic E-state index is -3.53. The minimum absolute atomic E-state index is 0.0404. The van der Waals surface area contributed by atoms with E-state index in [2.05, 4.69) is 4.98 Å². The molecule has 8 heteroatoms. The van der Waals surface area contributed by atoms with Gasteiger partial charge in [-0.15, -0.1) is 11.3 Å². The number of carboxylic acids is 1. The Morgan fingerprint density at radius 3 is 2.52 bits per heavy atom. The van der Waals surface area contributed by atoms with Crippen LogP contribution in [-0.2, 0) is 19.4 Å². The summed E-state index contributed by atoms with van der Waals surface area (Å²) < 4.78 is 29.9. The normalized spacial score (nSPS) is 21.1. The highest BCUT2D eigenvalue weighted by Gasteiger charge is 2.49. The first kappa shape index (κ1) is 19.8. The Morgan fingerprint density at radius 2 is 1.90 bits per heavy atom. The monoisotopic (exact) mass is 431 g/mol. The number of aromatic nitrogens is 1. The molecule has 0 aliphatic carbocycles. The molecule has 3 aromatic rings. The number of carbonyl (C=O) groups is 1. The molecule has 0 unspecified atom stereocenters. The molecule has 1 saturated heterocycles. The Kier molecular flexibility index (Phi) is 5.08. The van der Waals surface area contributed by atoms with Gasteiger partial charge in [-0.1, -0.05) is 30.7 Å². The molecule has 3 heterocycles. The molecule has 1 aliphatic rings. The summed E-state index contributed by atoms with van der Waals surface area (Å²) in [6.07, 6.45) is 2.68. The molecule has 0 bridgehead atoms. The SMILES string of the molecule is Cc1ncoc1-c1ccc(-c2ccc([C@@]3(CC(=O)O)CCCCS3(=O)=O)s2)cc1. The first-order valence-electron chi connectivity index (χ1n) is 9.38. The molecular weight excluding hydrogens is 410 g/mol. The molecule has 29 heavy (non-hydrogen) atoms. The lowest BCUT2D eigenvalue weighted by Gasteiger charge is -2.34. The molecular formula is C21H21NO5S2. The summed E-state index contributed by atoms with van der Waals surface area (Å²) in [7, 11) is -3.53. The zero-order valence-corrected chi connectivity index (χ0v) is 17.6. The first-order chi connectivity index (χ1) is 13.8. The summed E-state index contributed by atoms with van der Waals surface area (Å²) in [4.78, 5) is 17.1. The van der Waals surface area contributed by atoms with E-state index < -0.39 is 20.6 Å².